The first kappa shape index (κ1) is 34.7. The quantitative estimate of drug-likeness (QED) is 0.0849. The Hall–Kier alpha value is -0.260. The molecule has 35 heavy (non-hydrogen) atoms. The van der Waals surface area contributed by atoms with E-state index in [1.54, 1.807) is 0 Å². The predicted molar refractivity (Wildman–Crippen MR) is 163 cm³/mol. The Morgan fingerprint density at radius 2 is 0.657 bits per heavy atom. The summed E-state index contributed by atoms with van der Waals surface area (Å²) >= 11 is 0. The van der Waals surface area contributed by atoms with Gasteiger partial charge >= 0.3 is 0 Å². The highest BCUT2D eigenvalue weighted by molar-refractivity contribution is 4.88. The van der Waals surface area contributed by atoms with Gasteiger partial charge in [0.25, 0.3) is 0 Å². The molecule has 0 aromatic carbocycles. The second-order valence-electron chi connectivity index (χ2n) is 11.6. The van der Waals surface area contributed by atoms with E-state index in [4.69, 9.17) is 0 Å². The van der Waals surface area contributed by atoms with Crippen molar-refractivity contribution in [1.29, 1.82) is 0 Å². The molecule has 0 aliphatic rings. The predicted octanol–water partition coefficient (Wildman–Crippen LogP) is 13.3. The van der Waals surface area contributed by atoms with Gasteiger partial charge in [0.15, 0.2) is 0 Å². The molecule has 0 N–H and O–H groups in total. The fraction of sp³-hybridized carbons (Fsp3) is 0.914. The van der Waals surface area contributed by atoms with Gasteiger partial charge in [0.1, 0.15) is 0 Å². The van der Waals surface area contributed by atoms with E-state index in [-0.39, 0.29) is 0 Å². The molecule has 0 nitrogen and oxygen atoms in total. The van der Waals surface area contributed by atoms with Gasteiger partial charge in [-0.25, -0.2) is 0 Å². The smallest absolute Gasteiger partial charge is 0.0171 e. The van der Waals surface area contributed by atoms with Crippen LogP contribution in [0.5, 0.6) is 0 Å². The molecule has 1 radical (unpaired) electrons. The summed E-state index contributed by atoms with van der Waals surface area (Å²) in [6.07, 6.45) is 46.4. The van der Waals surface area contributed by atoms with Crippen LogP contribution in [0.15, 0.2) is 12.7 Å². The monoisotopic (exact) mass is 490 g/mol. The molecule has 1 unspecified atom stereocenters. The number of rotatable bonds is 31. The third kappa shape index (κ3) is 29.9. The van der Waals surface area contributed by atoms with Crippen LogP contribution in [-0.2, 0) is 0 Å². The zero-order valence-corrected chi connectivity index (χ0v) is 24.9. The van der Waals surface area contributed by atoms with Crippen molar-refractivity contribution in [2.45, 2.75) is 200 Å². The highest BCUT2D eigenvalue weighted by Crippen LogP contribution is 2.23. The first-order chi connectivity index (χ1) is 17.3. The molecule has 0 aliphatic carbocycles. The van der Waals surface area contributed by atoms with E-state index in [0.717, 1.165) is 5.92 Å². The summed E-state index contributed by atoms with van der Waals surface area (Å²) in [4.78, 5) is 0. The summed E-state index contributed by atoms with van der Waals surface area (Å²) in [6.45, 7) is 8.53. The van der Waals surface area contributed by atoms with E-state index in [0.29, 0.717) is 0 Å². The standard InChI is InChI=1S/C35H69/c1-4-7-10-12-14-16-18-20-21-23-25-27-29-31-34-35(32-9-6-3)33-30-28-26-24-22-19-17-15-13-11-8-5-2/h6,9,35H,3-5,7-8,10-34H2,1-2H3. The van der Waals surface area contributed by atoms with E-state index in [1.807, 2.05) is 6.08 Å². The topological polar surface area (TPSA) is 0 Å². The van der Waals surface area contributed by atoms with E-state index < -0.39 is 0 Å². The molecule has 0 heterocycles. The maximum absolute atomic E-state index is 3.92. The molecule has 0 spiro atoms. The Morgan fingerprint density at radius 1 is 0.400 bits per heavy atom. The third-order valence-electron chi connectivity index (χ3n) is 8.07. The average Bonchev–Trinajstić information content (AvgIpc) is 2.87. The Balaban J connectivity index is 3.48. The first-order valence-electron chi connectivity index (χ1n) is 16.8. The van der Waals surface area contributed by atoms with Crippen LogP contribution in [0.3, 0.4) is 0 Å². The van der Waals surface area contributed by atoms with Crippen molar-refractivity contribution < 1.29 is 0 Å². The second-order valence-corrected chi connectivity index (χ2v) is 11.6. The van der Waals surface area contributed by atoms with Crippen molar-refractivity contribution in [3.8, 4) is 0 Å². The lowest BCUT2D eigenvalue weighted by atomic mass is 9.90. The minimum atomic E-state index is 0.911. The molecule has 0 aromatic heterocycles. The van der Waals surface area contributed by atoms with Gasteiger partial charge in [-0.15, -0.1) is 6.58 Å². The van der Waals surface area contributed by atoms with Crippen LogP contribution >= 0.6 is 0 Å². The minimum Gasteiger partial charge on any atom is -0.103 e. The van der Waals surface area contributed by atoms with Crippen molar-refractivity contribution in [2.75, 3.05) is 0 Å². The third-order valence-corrected chi connectivity index (χ3v) is 8.07. The van der Waals surface area contributed by atoms with E-state index in [2.05, 4.69) is 26.8 Å². The second kappa shape index (κ2) is 31.8. The fourth-order valence-electron chi connectivity index (χ4n) is 5.57. The largest absolute Gasteiger partial charge is 0.103 e. The lowest BCUT2D eigenvalue weighted by molar-refractivity contribution is 0.399. The van der Waals surface area contributed by atoms with Crippen LogP contribution in [0.25, 0.3) is 0 Å². The fourth-order valence-corrected chi connectivity index (χ4v) is 5.57. The van der Waals surface area contributed by atoms with Crippen molar-refractivity contribution in [3.05, 3.63) is 19.1 Å². The maximum Gasteiger partial charge on any atom is -0.0171 e. The van der Waals surface area contributed by atoms with Gasteiger partial charge in [-0.1, -0.05) is 200 Å². The van der Waals surface area contributed by atoms with Crippen LogP contribution < -0.4 is 0 Å². The average molecular weight is 490 g/mol. The van der Waals surface area contributed by atoms with Crippen LogP contribution in [0.1, 0.15) is 200 Å². The molecule has 0 saturated heterocycles. The van der Waals surface area contributed by atoms with Gasteiger partial charge < -0.3 is 0 Å². The summed E-state index contributed by atoms with van der Waals surface area (Å²) in [7, 11) is 0. The molecule has 0 aromatic rings. The van der Waals surface area contributed by atoms with Crippen LogP contribution in [0.2, 0.25) is 0 Å². The molecule has 0 heteroatoms. The molecule has 0 rings (SSSR count). The van der Waals surface area contributed by atoms with Crippen molar-refractivity contribution in [1.82, 2.24) is 0 Å². The molecule has 0 aliphatic heterocycles. The van der Waals surface area contributed by atoms with Crippen molar-refractivity contribution >= 4 is 0 Å². The lowest BCUT2D eigenvalue weighted by Gasteiger charge is -2.16. The summed E-state index contributed by atoms with van der Waals surface area (Å²) in [6, 6.07) is 0. The highest BCUT2D eigenvalue weighted by atomic mass is 14.1. The maximum atomic E-state index is 3.92. The lowest BCUT2D eigenvalue weighted by Crippen LogP contribution is -2.01. The van der Waals surface area contributed by atoms with E-state index in [9.17, 15) is 0 Å². The zero-order valence-electron chi connectivity index (χ0n) is 24.9. The molecule has 0 amide bonds. The Kier molecular flexibility index (Phi) is 31.5. The van der Waals surface area contributed by atoms with Gasteiger partial charge in [0.2, 0.25) is 0 Å². The Labute approximate surface area is 224 Å². The van der Waals surface area contributed by atoms with Gasteiger partial charge in [-0.3, -0.25) is 0 Å². The summed E-state index contributed by atoms with van der Waals surface area (Å²) < 4.78 is 0. The molecule has 0 saturated carbocycles. The molecular weight excluding hydrogens is 420 g/mol. The molecule has 209 valence electrons. The van der Waals surface area contributed by atoms with Gasteiger partial charge in [-0.2, -0.15) is 0 Å². The molecule has 0 fully saturated rings. The first-order valence-corrected chi connectivity index (χ1v) is 16.8. The number of allylic oxidation sites excluding steroid dienone is 1. The van der Waals surface area contributed by atoms with Crippen LogP contribution in [-0.4, -0.2) is 0 Å². The van der Waals surface area contributed by atoms with E-state index in [1.165, 1.54) is 186 Å². The van der Waals surface area contributed by atoms with Crippen LogP contribution in [0.4, 0.5) is 0 Å². The Bertz CT molecular complexity index is 370. The molecular formula is C35H69. The van der Waals surface area contributed by atoms with Crippen molar-refractivity contribution in [2.24, 2.45) is 5.92 Å². The number of hydrogen-bond acceptors (Lipinski definition) is 0. The van der Waals surface area contributed by atoms with Gasteiger partial charge in [0, 0.05) is 0 Å². The van der Waals surface area contributed by atoms with Gasteiger partial charge in [-0.05, 0) is 18.8 Å². The highest BCUT2D eigenvalue weighted by Gasteiger charge is 2.08. The summed E-state index contributed by atoms with van der Waals surface area (Å²) in [5, 5.41) is 0. The van der Waals surface area contributed by atoms with Crippen LogP contribution in [0, 0.1) is 12.3 Å². The normalized spacial score (nSPS) is 12.3. The Morgan fingerprint density at radius 3 is 0.914 bits per heavy atom. The molecule has 1 atom stereocenters. The molecule has 0 bridgehead atoms. The minimum absolute atomic E-state index is 0.911. The van der Waals surface area contributed by atoms with E-state index >= 15 is 0 Å². The summed E-state index contributed by atoms with van der Waals surface area (Å²) in [5.41, 5.74) is 0. The zero-order chi connectivity index (χ0) is 25.5. The van der Waals surface area contributed by atoms with Crippen molar-refractivity contribution in [3.63, 3.8) is 0 Å². The SMILES string of the molecule is C=C[CH]CC(CCCCCCCCCCCCCC)CCCCCCCCCCCCCCCC. The van der Waals surface area contributed by atoms with Gasteiger partial charge in [0.05, 0.1) is 0 Å². The number of hydrogen-bond donors (Lipinski definition) is 0. The summed E-state index contributed by atoms with van der Waals surface area (Å²) in [5.74, 6) is 0.911. The number of unbranched alkanes of at least 4 members (excludes halogenated alkanes) is 24.